The zero-order chi connectivity index (χ0) is 17.1. The molecule has 2 atom stereocenters. The van der Waals surface area contributed by atoms with Gasteiger partial charge in [-0.3, -0.25) is 9.48 Å². The van der Waals surface area contributed by atoms with E-state index < -0.39 is 13.0 Å². The Labute approximate surface area is 138 Å². The normalized spacial score (nSPS) is 21.2. The van der Waals surface area contributed by atoms with Crippen molar-refractivity contribution in [2.24, 2.45) is 0 Å². The molecule has 1 amide bonds. The first-order valence-electron chi connectivity index (χ1n) is 7.83. The van der Waals surface area contributed by atoms with E-state index in [2.05, 4.69) is 5.10 Å². The zero-order valence-electron chi connectivity index (χ0n) is 13.3. The van der Waals surface area contributed by atoms with Gasteiger partial charge in [0.15, 0.2) is 0 Å². The van der Waals surface area contributed by atoms with E-state index in [1.807, 2.05) is 37.3 Å². The molecule has 1 aromatic carbocycles. The van der Waals surface area contributed by atoms with Crippen LogP contribution in [0.5, 0.6) is 0 Å². The highest BCUT2D eigenvalue weighted by Gasteiger charge is 2.33. The SMILES string of the molecule is C[C@@H]1CN(C(=O)c2ccnn2CC(F)F)[C@H](c2ccccc2)CO1. The third-order valence-corrected chi connectivity index (χ3v) is 4.06. The average molecular weight is 335 g/mol. The Morgan fingerprint density at radius 2 is 2.08 bits per heavy atom. The van der Waals surface area contributed by atoms with Crippen molar-refractivity contribution < 1.29 is 18.3 Å². The summed E-state index contributed by atoms with van der Waals surface area (Å²) in [5, 5.41) is 3.85. The summed E-state index contributed by atoms with van der Waals surface area (Å²) in [6.07, 6.45) is -1.30. The van der Waals surface area contributed by atoms with E-state index in [1.54, 1.807) is 4.90 Å². The van der Waals surface area contributed by atoms with Gasteiger partial charge in [0.1, 0.15) is 12.2 Å². The zero-order valence-corrected chi connectivity index (χ0v) is 13.3. The maximum atomic E-state index is 13.0. The van der Waals surface area contributed by atoms with Crippen LogP contribution in [-0.2, 0) is 11.3 Å². The van der Waals surface area contributed by atoms with Crippen molar-refractivity contribution in [3.05, 3.63) is 53.9 Å². The van der Waals surface area contributed by atoms with E-state index in [0.717, 1.165) is 10.2 Å². The molecule has 1 aliphatic heterocycles. The maximum absolute atomic E-state index is 13.0. The fourth-order valence-corrected chi connectivity index (χ4v) is 2.92. The molecule has 3 rings (SSSR count). The molecule has 24 heavy (non-hydrogen) atoms. The summed E-state index contributed by atoms with van der Waals surface area (Å²) in [5.41, 5.74) is 1.13. The van der Waals surface area contributed by atoms with Crippen LogP contribution < -0.4 is 0 Å². The van der Waals surface area contributed by atoms with Gasteiger partial charge in [-0.05, 0) is 18.6 Å². The van der Waals surface area contributed by atoms with Crippen LogP contribution in [0.15, 0.2) is 42.6 Å². The third kappa shape index (κ3) is 3.46. The van der Waals surface area contributed by atoms with Gasteiger partial charge in [-0.1, -0.05) is 30.3 Å². The van der Waals surface area contributed by atoms with Crippen molar-refractivity contribution in [2.75, 3.05) is 13.2 Å². The van der Waals surface area contributed by atoms with Gasteiger partial charge in [0.25, 0.3) is 12.3 Å². The van der Waals surface area contributed by atoms with Crippen molar-refractivity contribution >= 4 is 5.91 Å². The number of hydrogen-bond acceptors (Lipinski definition) is 3. The molecule has 0 radical (unpaired) electrons. The molecule has 2 heterocycles. The predicted molar refractivity (Wildman–Crippen MR) is 83.9 cm³/mol. The number of morpholine rings is 1. The first kappa shape index (κ1) is 16.6. The summed E-state index contributed by atoms with van der Waals surface area (Å²) < 4.78 is 32.1. The molecule has 0 aliphatic carbocycles. The van der Waals surface area contributed by atoms with Gasteiger partial charge < -0.3 is 9.64 Å². The molecule has 7 heteroatoms. The Morgan fingerprint density at radius 3 is 2.79 bits per heavy atom. The first-order valence-corrected chi connectivity index (χ1v) is 7.83. The predicted octanol–water partition coefficient (Wildman–Crippen LogP) is 2.75. The Bertz CT molecular complexity index is 690. The molecule has 0 bridgehead atoms. The summed E-state index contributed by atoms with van der Waals surface area (Å²) in [6.45, 7) is 2.07. The van der Waals surface area contributed by atoms with E-state index >= 15 is 0 Å². The number of hydrogen-bond donors (Lipinski definition) is 0. The van der Waals surface area contributed by atoms with E-state index in [0.29, 0.717) is 13.2 Å². The summed E-state index contributed by atoms with van der Waals surface area (Å²) in [5.74, 6) is -0.308. The molecule has 0 N–H and O–H groups in total. The number of halogens is 2. The van der Waals surface area contributed by atoms with Crippen LogP contribution in [0.2, 0.25) is 0 Å². The Balaban J connectivity index is 1.89. The van der Waals surface area contributed by atoms with Crippen LogP contribution in [-0.4, -0.2) is 46.3 Å². The lowest BCUT2D eigenvalue weighted by atomic mass is 10.0. The highest BCUT2D eigenvalue weighted by Crippen LogP contribution is 2.27. The van der Waals surface area contributed by atoms with Crippen molar-refractivity contribution in [2.45, 2.75) is 32.0 Å². The van der Waals surface area contributed by atoms with Gasteiger partial charge in [-0.15, -0.1) is 0 Å². The fraction of sp³-hybridized carbons (Fsp3) is 0.412. The van der Waals surface area contributed by atoms with Crippen LogP contribution in [0.25, 0.3) is 0 Å². The number of nitrogens with zero attached hydrogens (tertiary/aromatic N) is 3. The van der Waals surface area contributed by atoms with Gasteiger partial charge in [0.05, 0.1) is 18.8 Å². The minimum Gasteiger partial charge on any atom is -0.374 e. The monoisotopic (exact) mass is 335 g/mol. The lowest BCUT2D eigenvalue weighted by Crippen LogP contribution is -2.47. The topological polar surface area (TPSA) is 47.4 Å². The van der Waals surface area contributed by atoms with Gasteiger partial charge in [-0.2, -0.15) is 5.10 Å². The average Bonchev–Trinajstić information content (AvgIpc) is 3.02. The highest BCUT2D eigenvalue weighted by molar-refractivity contribution is 5.93. The highest BCUT2D eigenvalue weighted by atomic mass is 19.3. The van der Waals surface area contributed by atoms with Crippen LogP contribution in [0.3, 0.4) is 0 Å². The van der Waals surface area contributed by atoms with Gasteiger partial charge >= 0.3 is 0 Å². The molecule has 0 saturated carbocycles. The number of benzene rings is 1. The van der Waals surface area contributed by atoms with Crippen LogP contribution in [0.4, 0.5) is 8.78 Å². The first-order chi connectivity index (χ1) is 11.6. The van der Waals surface area contributed by atoms with Crippen molar-refractivity contribution in [1.29, 1.82) is 0 Å². The van der Waals surface area contributed by atoms with Gasteiger partial charge in [0.2, 0.25) is 0 Å². The largest absolute Gasteiger partial charge is 0.374 e. The van der Waals surface area contributed by atoms with Crippen LogP contribution in [0.1, 0.15) is 29.0 Å². The van der Waals surface area contributed by atoms with Crippen LogP contribution >= 0.6 is 0 Å². The molecule has 1 aromatic heterocycles. The number of ether oxygens (including phenoxy) is 1. The quantitative estimate of drug-likeness (QED) is 0.863. The minimum atomic E-state index is -2.56. The second kappa shape index (κ2) is 7.09. The lowest BCUT2D eigenvalue weighted by molar-refractivity contribution is -0.0452. The molecular weight excluding hydrogens is 316 g/mol. The standard InChI is InChI=1S/C17H19F2N3O2/c1-12-9-21(15(11-24-12)13-5-3-2-4-6-13)17(23)14-7-8-20-22(14)10-16(18)19/h2-8,12,15-16H,9-11H2,1H3/t12-,15+/m1/s1. The molecule has 2 aromatic rings. The van der Waals surface area contributed by atoms with Gasteiger partial charge in [-0.25, -0.2) is 8.78 Å². The number of amides is 1. The Kier molecular flexibility index (Phi) is 4.89. The molecule has 128 valence electrons. The molecule has 1 aliphatic rings. The smallest absolute Gasteiger partial charge is 0.272 e. The second-order valence-corrected chi connectivity index (χ2v) is 5.82. The summed E-state index contributed by atoms with van der Waals surface area (Å²) >= 11 is 0. The number of aromatic nitrogens is 2. The third-order valence-electron chi connectivity index (χ3n) is 4.06. The Hall–Kier alpha value is -2.28. The summed E-state index contributed by atoms with van der Waals surface area (Å²) in [7, 11) is 0. The molecule has 0 spiro atoms. The summed E-state index contributed by atoms with van der Waals surface area (Å²) in [4.78, 5) is 14.6. The molecule has 1 saturated heterocycles. The number of alkyl halides is 2. The van der Waals surface area contributed by atoms with Crippen molar-refractivity contribution in [1.82, 2.24) is 14.7 Å². The van der Waals surface area contributed by atoms with Gasteiger partial charge in [0, 0.05) is 12.7 Å². The fourth-order valence-electron chi connectivity index (χ4n) is 2.92. The number of carbonyl (C=O) groups is 1. The molecule has 0 unspecified atom stereocenters. The number of carbonyl (C=O) groups excluding carboxylic acids is 1. The van der Waals surface area contributed by atoms with Crippen LogP contribution in [0, 0.1) is 0 Å². The second-order valence-electron chi connectivity index (χ2n) is 5.82. The maximum Gasteiger partial charge on any atom is 0.272 e. The van der Waals surface area contributed by atoms with E-state index in [4.69, 9.17) is 4.74 Å². The molecule has 1 fully saturated rings. The summed E-state index contributed by atoms with van der Waals surface area (Å²) in [6, 6.07) is 10.8. The van der Waals surface area contributed by atoms with E-state index in [1.165, 1.54) is 12.3 Å². The lowest BCUT2D eigenvalue weighted by Gasteiger charge is -2.39. The molecular formula is C17H19F2N3O2. The Morgan fingerprint density at radius 1 is 1.33 bits per heavy atom. The minimum absolute atomic E-state index is 0.111. The van der Waals surface area contributed by atoms with Crippen molar-refractivity contribution in [3.8, 4) is 0 Å². The van der Waals surface area contributed by atoms with E-state index in [9.17, 15) is 13.6 Å². The van der Waals surface area contributed by atoms with E-state index in [-0.39, 0.29) is 23.7 Å². The van der Waals surface area contributed by atoms with Crippen molar-refractivity contribution in [3.63, 3.8) is 0 Å². The number of rotatable bonds is 4. The molecule has 5 nitrogen and oxygen atoms in total.